The smallest absolute Gasteiger partial charge is 0.268 e. The maximum Gasteiger partial charge on any atom is 0.268 e. The van der Waals surface area contributed by atoms with E-state index in [1.165, 1.54) is 32.6 Å². The van der Waals surface area contributed by atoms with E-state index in [4.69, 9.17) is 18.6 Å². The summed E-state index contributed by atoms with van der Waals surface area (Å²) in [6.45, 7) is 4.06. The van der Waals surface area contributed by atoms with Gasteiger partial charge < -0.3 is 29.3 Å². The number of hydrogen-bond acceptors (Lipinski definition) is 6. The first kappa shape index (κ1) is 24.4. The second-order valence-corrected chi connectivity index (χ2v) is 7.60. The zero-order chi connectivity index (χ0) is 24.5. The molecule has 1 aromatic heterocycles. The van der Waals surface area contributed by atoms with Crippen molar-refractivity contribution >= 4 is 17.9 Å². The summed E-state index contributed by atoms with van der Waals surface area (Å²) in [4.78, 5) is 25.9. The Morgan fingerprint density at radius 3 is 2.41 bits per heavy atom. The van der Waals surface area contributed by atoms with E-state index in [2.05, 4.69) is 10.6 Å². The maximum absolute atomic E-state index is 13.0. The molecule has 1 unspecified atom stereocenters. The fourth-order valence-electron chi connectivity index (χ4n) is 3.04. The van der Waals surface area contributed by atoms with E-state index < -0.39 is 11.8 Å². The van der Waals surface area contributed by atoms with Crippen molar-refractivity contribution in [2.45, 2.75) is 19.9 Å². The molecule has 0 radical (unpaired) electrons. The third-order valence-corrected chi connectivity index (χ3v) is 4.87. The van der Waals surface area contributed by atoms with Gasteiger partial charge >= 0.3 is 0 Å². The molecule has 0 spiro atoms. The molecule has 0 saturated carbocycles. The van der Waals surface area contributed by atoms with Crippen LogP contribution in [-0.4, -0.2) is 38.7 Å². The summed E-state index contributed by atoms with van der Waals surface area (Å²) < 4.78 is 21.5. The van der Waals surface area contributed by atoms with E-state index in [9.17, 15) is 9.59 Å². The van der Waals surface area contributed by atoms with E-state index >= 15 is 0 Å². The normalized spacial score (nSPS) is 11.9. The summed E-state index contributed by atoms with van der Waals surface area (Å²) >= 11 is 0. The first-order chi connectivity index (χ1) is 16.4. The highest BCUT2D eigenvalue weighted by Crippen LogP contribution is 2.27. The maximum atomic E-state index is 13.0. The lowest BCUT2D eigenvalue weighted by Crippen LogP contribution is -2.41. The van der Waals surface area contributed by atoms with Gasteiger partial charge in [-0.2, -0.15) is 0 Å². The predicted octanol–water partition coefficient (Wildman–Crippen LogP) is 3.96. The number of nitrogens with one attached hydrogen (secondary N) is 2. The molecule has 34 heavy (non-hydrogen) atoms. The Labute approximate surface area is 198 Å². The zero-order valence-corrected chi connectivity index (χ0v) is 19.6. The topological polar surface area (TPSA) is 99.0 Å². The number of furan rings is 1. The Balaban J connectivity index is 1.71. The Bertz CT molecular complexity index is 1140. The highest BCUT2D eigenvalue weighted by molar-refractivity contribution is 6.05. The molecule has 2 aromatic carbocycles. The van der Waals surface area contributed by atoms with E-state index in [0.29, 0.717) is 28.6 Å². The number of carbonyl (C=O) groups excluding carboxylic acids is 2. The Morgan fingerprint density at radius 2 is 1.76 bits per heavy atom. The van der Waals surface area contributed by atoms with Crippen LogP contribution >= 0.6 is 0 Å². The Morgan fingerprint density at radius 1 is 1.03 bits per heavy atom. The number of carbonyl (C=O) groups is 2. The molecule has 3 rings (SSSR count). The largest absolute Gasteiger partial charge is 0.493 e. The minimum Gasteiger partial charge on any atom is -0.493 e. The highest BCUT2D eigenvalue weighted by Gasteiger charge is 2.19. The minimum absolute atomic E-state index is 0.0249. The quantitative estimate of drug-likeness (QED) is 0.441. The lowest BCUT2D eigenvalue weighted by molar-refractivity contribution is -0.118. The number of ether oxygens (including phenoxy) is 3. The van der Waals surface area contributed by atoms with Gasteiger partial charge in [0, 0.05) is 11.6 Å². The molecule has 2 amide bonds. The van der Waals surface area contributed by atoms with E-state index in [1.807, 2.05) is 38.1 Å². The summed E-state index contributed by atoms with van der Waals surface area (Å²) in [5, 5.41) is 5.50. The van der Waals surface area contributed by atoms with E-state index in [1.54, 1.807) is 24.3 Å². The number of hydrogen-bond donors (Lipinski definition) is 2. The van der Waals surface area contributed by atoms with Gasteiger partial charge in [-0.15, -0.1) is 0 Å². The standard InChI is InChI=1S/C26H28N2O6/c1-17-7-10-20(11-8-17)34-16-18(2)27-26(30)22(15-21-6-5-13-33-21)28-25(29)19-9-12-23(31-3)24(14-19)32-4/h5-15,18H,16H2,1-4H3,(H,27,30)(H,28,29)/b22-15-. The van der Waals surface area contributed by atoms with Crippen molar-refractivity contribution in [2.24, 2.45) is 0 Å². The third-order valence-electron chi connectivity index (χ3n) is 4.87. The van der Waals surface area contributed by atoms with Crippen molar-refractivity contribution in [1.29, 1.82) is 0 Å². The molecular formula is C26H28N2O6. The second kappa shape index (κ2) is 11.6. The van der Waals surface area contributed by atoms with Crippen molar-refractivity contribution in [3.8, 4) is 17.2 Å². The average Bonchev–Trinajstić information content (AvgIpc) is 3.36. The van der Waals surface area contributed by atoms with Crippen LogP contribution in [0.15, 0.2) is 71.0 Å². The molecule has 0 aliphatic carbocycles. The van der Waals surface area contributed by atoms with Crippen LogP contribution in [0, 0.1) is 6.92 Å². The molecule has 0 bridgehead atoms. The first-order valence-corrected chi connectivity index (χ1v) is 10.7. The number of methoxy groups -OCH3 is 2. The summed E-state index contributed by atoms with van der Waals surface area (Å²) in [5.41, 5.74) is 1.45. The lowest BCUT2D eigenvalue weighted by atomic mass is 10.1. The van der Waals surface area contributed by atoms with Gasteiger partial charge in [0.15, 0.2) is 11.5 Å². The van der Waals surface area contributed by atoms with E-state index in [0.717, 1.165) is 5.56 Å². The molecule has 178 valence electrons. The van der Waals surface area contributed by atoms with Crippen LogP contribution in [0.3, 0.4) is 0 Å². The van der Waals surface area contributed by atoms with Crippen molar-refractivity contribution in [3.05, 3.63) is 83.4 Å². The molecular weight excluding hydrogens is 436 g/mol. The van der Waals surface area contributed by atoms with Gasteiger partial charge in [-0.1, -0.05) is 17.7 Å². The third kappa shape index (κ3) is 6.65. The average molecular weight is 465 g/mol. The number of benzene rings is 2. The van der Waals surface area contributed by atoms with Crippen LogP contribution in [0.4, 0.5) is 0 Å². The molecule has 1 heterocycles. The molecule has 1 atom stereocenters. The van der Waals surface area contributed by atoms with Crippen molar-refractivity contribution in [1.82, 2.24) is 10.6 Å². The van der Waals surface area contributed by atoms with Gasteiger partial charge in [0.1, 0.15) is 23.8 Å². The molecule has 8 heteroatoms. The van der Waals surface area contributed by atoms with Gasteiger partial charge in [0.05, 0.1) is 26.5 Å². The monoisotopic (exact) mass is 464 g/mol. The first-order valence-electron chi connectivity index (χ1n) is 10.7. The fourth-order valence-corrected chi connectivity index (χ4v) is 3.04. The molecule has 0 fully saturated rings. The molecule has 0 aliphatic rings. The van der Waals surface area contributed by atoms with Gasteiger partial charge in [-0.05, 0) is 56.3 Å². The molecule has 2 N–H and O–H groups in total. The van der Waals surface area contributed by atoms with Gasteiger partial charge in [0.2, 0.25) is 0 Å². The highest BCUT2D eigenvalue weighted by atomic mass is 16.5. The number of aryl methyl sites for hydroxylation is 1. The Kier molecular flexibility index (Phi) is 8.34. The molecule has 0 aliphatic heterocycles. The fraction of sp³-hybridized carbons (Fsp3) is 0.231. The molecule has 0 saturated heterocycles. The minimum atomic E-state index is -0.488. The summed E-state index contributed by atoms with van der Waals surface area (Å²) in [7, 11) is 2.99. The van der Waals surface area contributed by atoms with Gasteiger partial charge in [0.25, 0.3) is 11.8 Å². The van der Waals surface area contributed by atoms with Crippen LogP contribution in [-0.2, 0) is 4.79 Å². The second-order valence-electron chi connectivity index (χ2n) is 7.60. The van der Waals surface area contributed by atoms with Crippen LogP contribution in [0.1, 0.15) is 28.6 Å². The Hall–Kier alpha value is -4.20. The number of amides is 2. The summed E-state index contributed by atoms with van der Waals surface area (Å²) in [5.74, 6) is 1.05. The van der Waals surface area contributed by atoms with Gasteiger partial charge in [-0.3, -0.25) is 9.59 Å². The zero-order valence-electron chi connectivity index (χ0n) is 19.6. The van der Waals surface area contributed by atoms with Crippen molar-refractivity contribution in [2.75, 3.05) is 20.8 Å². The van der Waals surface area contributed by atoms with Crippen LogP contribution in [0.25, 0.3) is 6.08 Å². The van der Waals surface area contributed by atoms with Gasteiger partial charge in [-0.25, -0.2) is 0 Å². The lowest BCUT2D eigenvalue weighted by Gasteiger charge is -2.17. The van der Waals surface area contributed by atoms with Crippen molar-refractivity contribution in [3.63, 3.8) is 0 Å². The molecule has 8 nitrogen and oxygen atoms in total. The van der Waals surface area contributed by atoms with Crippen LogP contribution < -0.4 is 24.8 Å². The predicted molar refractivity (Wildman–Crippen MR) is 128 cm³/mol. The van der Waals surface area contributed by atoms with E-state index in [-0.39, 0.29) is 18.3 Å². The SMILES string of the molecule is COc1ccc(C(=O)N/C(=C\c2ccco2)C(=O)NC(C)COc2ccc(C)cc2)cc1OC. The number of rotatable bonds is 10. The van der Waals surface area contributed by atoms with Crippen LogP contribution in [0.5, 0.6) is 17.2 Å². The summed E-state index contributed by atoms with van der Waals surface area (Å²) in [6.07, 6.45) is 2.94. The summed E-state index contributed by atoms with van der Waals surface area (Å²) in [6, 6.07) is 15.4. The van der Waals surface area contributed by atoms with Crippen LogP contribution in [0.2, 0.25) is 0 Å². The molecule has 3 aromatic rings. The van der Waals surface area contributed by atoms with Crippen molar-refractivity contribution < 1.29 is 28.2 Å².